The van der Waals surface area contributed by atoms with Crippen LogP contribution in [0.3, 0.4) is 0 Å². The van der Waals surface area contributed by atoms with Crippen LogP contribution in [-0.4, -0.2) is 37.7 Å². The quantitative estimate of drug-likeness (QED) is 0.139. The van der Waals surface area contributed by atoms with Crippen LogP contribution in [-0.2, 0) is 31.5 Å². The molecule has 4 aromatic rings. The van der Waals surface area contributed by atoms with Crippen LogP contribution in [0.2, 0.25) is 0 Å². The van der Waals surface area contributed by atoms with Crippen LogP contribution in [0.25, 0.3) is 0 Å². The van der Waals surface area contributed by atoms with Crippen LogP contribution >= 0.6 is 0 Å². The molecule has 0 atom stereocenters. The highest BCUT2D eigenvalue weighted by atomic mass is 32.2. The summed E-state index contributed by atoms with van der Waals surface area (Å²) in [5.74, 6) is -4.11. The number of hydrogen-bond acceptors (Lipinski definition) is 5. The van der Waals surface area contributed by atoms with Crippen molar-refractivity contribution >= 4 is 15.7 Å². The lowest BCUT2D eigenvalue weighted by Gasteiger charge is -2.41. The van der Waals surface area contributed by atoms with Crippen molar-refractivity contribution in [2.45, 2.75) is 65.9 Å². The Bertz CT molecular complexity index is 1890. The molecule has 5 rings (SSSR count). The number of benzene rings is 3. The number of sulfone groups is 1. The molecule has 16 heteroatoms. The molecule has 0 saturated heterocycles. The molecule has 0 bridgehead atoms. The van der Waals surface area contributed by atoms with Gasteiger partial charge in [-0.1, -0.05) is 30.3 Å². The number of carbonyl (C=O) groups excluding carboxylic acids is 1. The number of halogens is 9. The third-order valence-electron chi connectivity index (χ3n) is 8.80. The number of aromatic nitrogens is 1. The van der Waals surface area contributed by atoms with Gasteiger partial charge in [-0.15, -0.1) is 0 Å². The summed E-state index contributed by atoms with van der Waals surface area (Å²) in [4.78, 5) is 16.2. The summed E-state index contributed by atoms with van der Waals surface area (Å²) in [6.07, 6.45) is -10.1. The first-order chi connectivity index (χ1) is 23.4. The number of amides is 1. The largest absolute Gasteiger partial charge is 0.430 e. The third kappa shape index (κ3) is 6.70. The van der Waals surface area contributed by atoms with Gasteiger partial charge in [-0.05, 0) is 79.8 Å². The third-order valence-corrected chi connectivity index (χ3v) is 11.4. The van der Waals surface area contributed by atoms with E-state index in [1.165, 1.54) is 24.5 Å². The van der Waals surface area contributed by atoms with Crippen molar-refractivity contribution in [1.82, 2.24) is 10.3 Å². The van der Waals surface area contributed by atoms with E-state index in [0.29, 0.717) is 24.3 Å². The van der Waals surface area contributed by atoms with E-state index in [4.69, 9.17) is 0 Å². The van der Waals surface area contributed by atoms with Gasteiger partial charge in [0.05, 0.1) is 17.1 Å². The second-order valence-corrected chi connectivity index (χ2v) is 13.9. The van der Waals surface area contributed by atoms with Gasteiger partial charge in [0.15, 0.2) is 9.84 Å². The zero-order valence-corrected chi connectivity index (χ0v) is 26.5. The molecule has 1 aliphatic rings. The second-order valence-electron chi connectivity index (χ2n) is 11.7. The molecule has 1 N–H and O–H groups in total. The minimum Gasteiger partial charge on any atom is -0.349 e. The van der Waals surface area contributed by atoms with Crippen molar-refractivity contribution in [3.8, 4) is 0 Å². The van der Waals surface area contributed by atoms with Crippen molar-refractivity contribution in [1.29, 1.82) is 0 Å². The Balaban J connectivity index is 1.55. The van der Waals surface area contributed by atoms with Gasteiger partial charge in [-0.25, -0.2) is 21.6 Å². The summed E-state index contributed by atoms with van der Waals surface area (Å²) in [7, 11) is -4.51. The molecule has 0 radical (unpaired) electrons. The average Bonchev–Trinajstić information content (AvgIpc) is 3.06. The Morgan fingerprint density at radius 3 is 1.92 bits per heavy atom. The molecule has 0 unspecified atom stereocenters. The number of nitrogens with zero attached hydrogens (tertiary/aromatic N) is 1. The molecule has 1 heterocycles. The smallest absolute Gasteiger partial charge is 0.349 e. The zero-order valence-electron chi connectivity index (χ0n) is 25.7. The molecular weight excluding hydrogens is 703 g/mol. The topological polar surface area (TPSA) is 85.4 Å². The van der Waals surface area contributed by atoms with Crippen LogP contribution in [0.1, 0.15) is 52.7 Å². The summed E-state index contributed by atoms with van der Waals surface area (Å²) in [5, 5.41) is 2.78. The monoisotopic (exact) mass is 730 g/mol. The van der Waals surface area contributed by atoms with Gasteiger partial charge in [-0.2, -0.15) is 26.3 Å². The molecule has 3 aromatic carbocycles. The van der Waals surface area contributed by atoms with Crippen molar-refractivity contribution in [3.63, 3.8) is 0 Å². The highest BCUT2D eigenvalue weighted by Gasteiger charge is 2.73. The summed E-state index contributed by atoms with van der Waals surface area (Å²) in [6, 6.07) is 10.8. The highest BCUT2D eigenvalue weighted by Crippen LogP contribution is 2.54. The molecule has 266 valence electrons. The van der Waals surface area contributed by atoms with E-state index < -0.39 is 79.7 Å². The van der Waals surface area contributed by atoms with Crippen molar-refractivity contribution in [3.05, 3.63) is 131 Å². The van der Waals surface area contributed by atoms with Crippen molar-refractivity contribution in [2.24, 2.45) is 0 Å². The van der Waals surface area contributed by atoms with E-state index in [1.807, 2.05) is 0 Å². The average molecular weight is 731 g/mol. The maximum Gasteiger partial charge on any atom is 0.430 e. The van der Waals surface area contributed by atoms with Crippen LogP contribution < -0.4 is 5.32 Å². The number of ether oxygens (including phenoxy) is 1. The normalized spacial score (nSPS) is 18.9. The number of pyridine rings is 1. The van der Waals surface area contributed by atoms with E-state index in [9.17, 15) is 52.7 Å². The van der Waals surface area contributed by atoms with Gasteiger partial charge >= 0.3 is 12.4 Å². The standard InChI is InChI=1S/C34H27F9N2O4S/c35-24-10-12-26(13-11-24)50(47,48)31(16-14-25(15-17-31)45-30(46)21-3-2-18-44-19-21)22-6-8-23(9-7-22)32(33(38,39)40,34(41,42)43)49-20-27-28(36)4-1-5-29(27)37/h1-13,18-19,25H,14-17,20H2,(H,45,46). The number of rotatable bonds is 9. The highest BCUT2D eigenvalue weighted by molar-refractivity contribution is 7.92. The molecular formula is C34H27F9N2O4S. The molecule has 1 aliphatic carbocycles. The van der Waals surface area contributed by atoms with E-state index in [0.717, 1.165) is 42.5 Å². The second kappa shape index (κ2) is 13.7. The molecule has 50 heavy (non-hydrogen) atoms. The lowest BCUT2D eigenvalue weighted by Crippen LogP contribution is -2.56. The molecule has 0 spiro atoms. The zero-order chi connectivity index (χ0) is 36.5. The molecule has 1 aromatic heterocycles. The van der Waals surface area contributed by atoms with E-state index in [-0.39, 0.29) is 41.7 Å². The summed E-state index contributed by atoms with van der Waals surface area (Å²) >= 11 is 0. The Labute approximate surface area is 280 Å². The Kier molecular flexibility index (Phi) is 10.1. The Hall–Kier alpha value is -4.44. The summed E-state index contributed by atoms with van der Waals surface area (Å²) in [6.45, 7) is -1.76. The Morgan fingerprint density at radius 2 is 1.40 bits per heavy atom. The molecule has 1 saturated carbocycles. The fraction of sp³-hybridized carbons (Fsp3) is 0.294. The maximum atomic E-state index is 14.5. The van der Waals surface area contributed by atoms with Gasteiger partial charge in [0.2, 0.25) is 0 Å². The van der Waals surface area contributed by atoms with Crippen LogP contribution in [0.5, 0.6) is 0 Å². The van der Waals surface area contributed by atoms with Gasteiger partial charge in [-0.3, -0.25) is 9.78 Å². The first-order valence-corrected chi connectivity index (χ1v) is 16.4. The predicted molar refractivity (Wildman–Crippen MR) is 161 cm³/mol. The number of alkyl halides is 6. The molecule has 6 nitrogen and oxygen atoms in total. The number of carbonyl (C=O) groups is 1. The van der Waals surface area contributed by atoms with Gasteiger partial charge < -0.3 is 10.1 Å². The first kappa shape index (κ1) is 36.8. The molecule has 1 fully saturated rings. The van der Waals surface area contributed by atoms with E-state index >= 15 is 0 Å². The van der Waals surface area contributed by atoms with E-state index in [1.54, 1.807) is 0 Å². The summed E-state index contributed by atoms with van der Waals surface area (Å²) in [5.41, 5.74) is -7.72. The fourth-order valence-corrected chi connectivity index (χ4v) is 8.31. The minimum absolute atomic E-state index is 0.0283. The number of hydrogen-bond donors (Lipinski definition) is 1. The number of nitrogens with one attached hydrogen (secondary N) is 1. The maximum absolute atomic E-state index is 14.5. The molecule has 1 amide bonds. The fourth-order valence-electron chi connectivity index (χ4n) is 6.14. The van der Waals surface area contributed by atoms with E-state index in [2.05, 4.69) is 15.0 Å². The van der Waals surface area contributed by atoms with Crippen LogP contribution in [0, 0.1) is 17.5 Å². The summed E-state index contributed by atoms with van der Waals surface area (Å²) < 4.78 is 160. The van der Waals surface area contributed by atoms with Gasteiger partial charge in [0.25, 0.3) is 11.5 Å². The van der Waals surface area contributed by atoms with Gasteiger partial charge in [0, 0.05) is 29.6 Å². The molecule has 0 aliphatic heterocycles. The first-order valence-electron chi connectivity index (χ1n) is 15.0. The van der Waals surface area contributed by atoms with Gasteiger partial charge in [0.1, 0.15) is 22.2 Å². The SMILES string of the molecule is O=C(NC1CCC(c2ccc(C(OCc3c(F)cccc3F)(C(F)(F)F)C(F)(F)F)cc2)(S(=O)(=O)c2ccc(F)cc2)CC1)c1cccnc1. The predicted octanol–water partition coefficient (Wildman–Crippen LogP) is 8.08. The lowest BCUT2D eigenvalue weighted by atomic mass is 9.79. The van der Waals surface area contributed by atoms with Crippen molar-refractivity contribution < 1.29 is 57.5 Å². The minimum atomic E-state index is -6.21. The van der Waals surface area contributed by atoms with Crippen molar-refractivity contribution in [2.75, 3.05) is 0 Å². The lowest BCUT2D eigenvalue weighted by molar-refractivity contribution is -0.392. The van der Waals surface area contributed by atoms with Crippen LogP contribution in [0.15, 0.2) is 96.2 Å². The Morgan fingerprint density at radius 1 is 0.820 bits per heavy atom. The van der Waals surface area contributed by atoms with Crippen LogP contribution in [0.4, 0.5) is 39.5 Å².